The normalized spacial score (nSPS) is 15.1. The van der Waals surface area contributed by atoms with Gasteiger partial charge in [0.25, 0.3) is 0 Å². The van der Waals surface area contributed by atoms with Gasteiger partial charge in [0.15, 0.2) is 0 Å². The Morgan fingerprint density at radius 3 is 2.73 bits per heavy atom. The fourth-order valence-electron chi connectivity index (χ4n) is 2.72. The predicted octanol–water partition coefficient (Wildman–Crippen LogP) is 4.24. The molecule has 0 spiro atoms. The molecule has 112 valence electrons. The van der Waals surface area contributed by atoms with Crippen LogP contribution in [0, 0.1) is 0 Å². The molecular weight excluding hydrogens is 304 g/mol. The lowest BCUT2D eigenvalue weighted by Gasteiger charge is -2.26. The minimum atomic E-state index is -0.492. The predicted molar refractivity (Wildman–Crippen MR) is 84.9 cm³/mol. The smallest absolute Gasteiger partial charge is 0.344 e. The molecule has 1 saturated carbocycles. The molecule has 1 aliphatic carbocycles. The zero-order valence-corrected chi connectivity index (χ0v) is 12.4. The monoisotopic (exact) mass is 316 g/mol. The van der Waals surface area contributed by atoms with Crippen LogP contribution in [0.5, 0.6) is 11.5 Å². The zero-order chi connectivity index (χ0) is 15.3. The number of aromatic hydroxyl groups is 1. The number of fused-ring (bicyclic) bond motifs is 3. The summed E-state index contributed by atoms with van der Waals surface area (Å²) in [6.45, 7) is 0. The van der Waals surface area contributed by atoms with E-state index in [1.165, 1.54) is 18.6 Å². The third-order valence-corrected chi connectivity index (χ3v) is 4.37. The fraction of sp³-hybridized carbons (Fsp3) is 0.235. The second-order valence-corrected chi connectivity index (χ2v) is 5.98. The quantitative estimate of drug-likeness (QED) is 0.567. The Morgan fingerprint density at radius 2 is 2.00 bits per heavy atom. The van der Waals surface area contributed by atoms with Crippen LogP contribution in [0.1, 0.15) is 19.3 Å². The molecule has 0 saturated heterocycles. The van der Waals surface area contributed by atoms with Gasteiger partial charge in [-0.1, -0.05) is 11.6 Å². The van der Waals surface area contributed by atoms with E-state index in [1.54, 1.807) is 18.2 Å². The van der Waals surface area contributed by atoms with Crippen LogP contribution in [-0.4, -0.2) is 11.2 Å². The Hall–Kier alpha value is -2.20. The lowest BCUT2D eigenvalue weighted by atomic mass is 9.96. The molecule has 0 radical (unpaired) electrons. The molecule has 22 heavy (non-hydrogen) atoms. The Balaban J connectivity index is 1.97. The molecule has 4 rings (SSSR count). The van der Waals surface area contributed by atoms with Gasteiger partial charge in [0.2, 0.25) is 0 Å². The molecule has 4 nitrogen and oxygen atoms in total. The molecule has 0 amide bonds. The van der Waals surface area contributed by atoms with E-state index in [9.17, 15) is 9.90 Å². The highest BCUT2D eigenvalue weighted by atomic mass is 35.5. The highest BCUT2D eigenvalue weighted by Crippen LogP contribution is 2.35. The van der Waals surface area contributed by atoms with Crippen molar-refractivity contribution in [1.29, 1.82) is 0 Å². The van der Waals surface area contributed by atoms with Crippen LogP contribution in [0.15, 0.2) is 39.5 Å². The van der Waals surface area contributed by atoms with Crippen LogP contribution in [-0.2, 0) is 0 Å². The molecule has 5 heteroatoms. The molecule has 2 aromatic carbocycles. The van der Waals surface area contributed by atoms with Crippen molar-refractivity contribution in [3.63, 3.8) is 0 Å². The summed E-state index contributed by atoms with van der Waals surface area (Å²) in [5.41, 5.74) is -0.180. The van der Waals surface area contributed by atoms with Gasteiger partial charge in [-0.15, -0.1) is 0 Å². The SMILES string of the molecule is O=c1oc2cc(O)ccc2c2c(Cl)cc(OC3CCC3)cc12. The Labute approximate surface area is 130 Å². The van der Waals surface area contributed by atoms with E-state index < -0.39 is 5.63 Å². The molecular formula is C17H13ClO4. The summed E-state index contributed by atoms with van der Waals surface area (Å²) >= 11 is 6.37. The van der Waals surface area contributed by atoms with E-state index >= 15 is 0 Å². The van der Waals surface area contributed by atoms with Crippen LogP contribution in [0.2, 0.25) is 5.02 Å². The van der Waals surface area contributed by atoms with E-state index in [-0.39, 0.29) is 11.9 Å². The number of benzene rings is 2. The van der Waals surface area contributed by atoms with E-state index in [1.807, 2.05) is 0 Å². The molecule has 1 aromatic heterocycles. The largest absolute Gasteiger partial charge is 0.508 e. The van der Waals surface area contributed by atoms with Gasteiger partial charge in [-0.25, -0.2) is 4.79 Å². The van der Waals surface area contributed by atoms with Crippen LogP contribution in [0.25, 0.3) is 21.7 Å². The van der Waals surface area contributed by atoms with Crippen molar-refractivity contribution < 1.29 is 14.3 Å². The van der Waals surface area contributed by atoms with E-state index in [2.05, 4.69) is 0 Å². The Kier molecular flexibility index (Phi) is 3.01. The topological polar surface area (TPSA) is 59.7 Å². The molecule has 1 aliphatic rings. The maximum atomic E-state index is 12.2. The van der Waals surface area contributed by atoms with Gasteiger partial charge in [0.05, 0.1) is 16.5 Å². The minimum Gasteiger partial charge on any atom is -0.508 e. The summed E-state index contributed by atoms with van der Waals surface area (Å²) in [4.78, 5) is 12.2. The van der Waals surface area contributed by atoms with Crippen molar-refractivity contribution >= 4 is 33.3 Å². The second kappa shape index (κ2) is 4.92. The zero-order valence-electron chi connectivity index (χ0n) is 11.6. The van der Waals surface area contributed by atoms with Crippen LogP contribution >= 0.6 is 11.6 Å². The molecule has 1 heterocycles. The third-order valence-electron chi connectivity index (χ3n) is 4.08. The minimum absolute atomic E-state index is 0.0380. The molecule has 0 bridgehead atoms. The summed E-state index contributed by atoms with van der Waals surface area (Å²) in [7, 11) is 0. The number of halogens is 1. The van der Waals surface area contributed by atoms with Crippen molar-refractivity contribution in [3.8, 4) is 11.5 Å². The first-order valence-corrected chi connectivity index (χ1v) is 7.55. The number of ether oxygens (including phenoxy) is 1. The standard InChI is InChI=1S/C17H13ClO4/c18-14-8-11(21-10-2-1-3-10)7-13-16(14)12-5-4-9(19)6-15(12)22-17(13)20/h4-8,10,19H,1-3H2. The molecule has 3 aromatic rings. The summed E-state index contributed by atoms with van der Waals surface area (Å²) in [6, 6.07) is 8.04. The van der Waals surface area contributed by atoms with Gasteiger partial charge in [0.1, 0.15) is 17.1 Å². The summed E-state index contributed by atoms with van der Waals surface area (Å²) < 4.78 is 11.1. The van der Waals surface area contributed by atoms with E-state index in [0.717, 1.165) is 12.8 Å². The first-order chi connectivity index (χ1) is 10.6. The maximum absolute atomic E-state index is 12.2. The molecule has 1 N–H and O–H groups in total. The van der Waals surface area contributed by atoms with Crippen molar-refractivity contribution in [2.75, 3.05) is 0 Å². The van der Waals surface area contributed by atoms with Gasteiger partial charge in [-0.2, -0.15) is 0 Å². The van der Waals surface area contributed by atoms with Gasteiger partial charge >= 0.3 is 5.63 Å². The molecule has 1 fully saturated rings. The van der Waals surface area contributed by atoms with Crippen LogP contribution in [0.4, 0.5) is 0 Å². The number of phenols is 1. The summed E-state index contributed by atoms with van der Waals surface area (Å²) in [5, 5.41) is 11.7. The summed E-state index contributed by atoms with van der Waals surface area (Å²) in [6.07, 6.45) is 3.43. The number of hydrogen-bond acceptors (Lipinski definition) is 4. The molecule has 0 aliphatic heterocycles. The van der Waals surface area contributed by atoms with Crippen molar-refractivity contribution in [1.82, 2.24) is 0 Å². The van der Waals surface area contributed by atoms with Gasteiger partial charge in [-0.3, -0.25) is 0 Å². The van der Waals surface area contributed by atoms with Crippen molar-refractivity contribution in [2.45, 2.75) is 25.4 Å². The molecule has 0 atom stereocenters. The average molecular weight is 317 g/mol. The van der Waals surface area contributed by atoms with Gasteiger partial charge < -0.3 is 14.3 Å². The van der Waals surface area contributed by atoms with E-state index in [4.69, 9.17) is 20.8 Å². The fourth-order valence-corrected chi connectivity index (χ4v) is 3.03. The number of phenolic OH excluding ortho intramolecular Hbond substituents is 1. The highest BCUT2D eigenvalue weighted by molar-refractivity contribution is 6.37. The number of rotatable bonds is 2. The Morgan fingerprint density at radius 1 is 1.18 bits per heavy atom. The number of hydrogen-bond donors (Lipinski definition) is 1. The average Bonchev–Trinajstić information content (AvgIpc) is 2.43. The summed E-state index contributed by atoms with van der Waals surface area (Å²) in [5.74, 6) is 0.628. The lowest BCUT2D eigenvalue weighted by Crippen LogP contribution is -2.24. The van der Waals surface area contributed by atoms with Crippen molar-refractivity contribution in [2.24, 2.45) is 0 Å². The van der Waals surface area contributed by atoms with Gasteiger partial charge in [0, 0.05) is 16.8 Å². The second-order valence-electron chi connectivity index (χ2n) is 5.57. The third kappa shape index (κ3) is 2.11. The maximum Gasteiger partial charge on any atom is 0.344 e. The van der Waals surface area contributed by atoms with Gasteiger partial charge in [-0.05, 0) is 43.5 Å². The highest BCUT2D eigenvalue weighted by Gasteiger charge is 2.20. The van der Waals surface area contributed by atoms with Crippen molar-refractivity contribution in [3.05, 3.63) is 45.8 Å². The van der Waals surface area contributed by atoms with Crippen LogP contribution in [0.3, 0.4) is 0 Å². The van der Waals surface area contributed by atoms with Crippen LogP contribution < -0.4 is 10.4 Å². The molecule has 0 unspecified atom stereocenters. The first kappa shape index (κ1) is 13.5. The first-order valence-electron chi connectivity index (χ1n) is 7.17. The lowest BCUT2D eigenvalue weighted by molar-refractivity contribution is 0.120. The van der Waals surface area contributed by atoms with E-state index in [0.29, 0.717) is 32.5 Å². The Bertz CT molecular complexity index is 941.